The number of unbranched alkanes of at least 4 members (excludes halogenated alkanes) is 1. The fourth-order valence-electron chi connectivity index (χ4n) is 4.94. The molecule has 0 aromatic carbocycles. The summed E-state index contributed by atoms with van der Waals surface area (Å²) in [6.07, 6.45) is 13.8. The van der Waals surface area contributed by atoms with Crippen LogP contribution in [0.5, 0.6) is 0 Å². The smallest absolute Gasteiger partial charge is 0.160 e. The summed E-state index contributed by atoms with van der Waals surface area (Å²) in [5.41, 5.74) is 0. The molecule has 2 heterocycles. The molecule has 3 aliphatic rings. The van der Waals surface area contributed by atoms with Gasteiger partial charge in [0.05, 0.1) is 26.4 Å². The Labute approximate surface area is 166 Å². The van der Waals surface area contributed by atoms with Crippen molar-refractivity contribution in [2.24, 2.45) is 23.7 Å². The molecule has 1 aliphatic carbocycles. The largest absolute Gasteiger partial charge is 0.352 e. The molecule has 0 spiro atoms. The van der Waals surface area contributed by atoms with Crippen LogP contribution in [0.3, 0.4) is 0 Å². The second-order valence-corrected chi connectivity index (χ2v) is 9.15. The number of hydrogen-bond acceptors (Lipinski definition) is 4. The summed E-state index contributed by atoms with van der Waals surface area (Å²) >= 11 is 0. The Bertz CT molecular complexity index is 378. The minimum atomic E-state index is -0.0190. The predicted molar refractivity (Wildman–Crippen MR) is 107 cm³/mol. The SMILES string of the molecule is CCCC[C@H]1CO[C@H](CC[C@H]2CO[C@H](C3CCC(CCC)CC3)OC2)OC1. The highest BCUT2D eigenvalue weighted by Crippen LogP contribution is 2.36. The van der Waals surface area contributed by atoms with Crippen molar-refractivity contribution in [2.75, 3.05) is 26.4 Å². The second-order valence-electron chi connectivity index (χ2n) is 9.15. The van der Waals surface area contributed by atoms with Crippen molar-refractivity contribution in [1.29, 1.82) is 0 Å². The lowest BCUT2D eigenvalue weighted by molar-refractivity contribution is -0.236. The normalized spacial score (nSPS) is 38.0. The maximum absolute atomic E-state index is 6.12. The topological polar surface area (TPSA) is 36.9 Å². The zero-order chi connectivity index (χ0) is 18.9. The Hall–Kier alpha value is -0.160. The van der Waals surface area contributed by atoms with Gasteiger partial charge < -0.3 is 18.9 Å². The van der Waals surface area contributed by atoms with Gasteiger partial charge in [0.1, 0.15) is 0 Å². The van der Waals surface area contributed by atoms with Crippen molar-refractivity contribution in [2.45, 2.75) is 97.1 Å². The van der Waals surface area contributed by atoms with Crippen molar-refractivity contribution in [3.8, 4) is 0 Å². The van der Waals surface area contributed by atoms with Gasteiger partial charge in [-0.1, -0.05) is 39.5 Å². The zero-order valence-electron chi connectivity index (χ0n) is 17.7. The molecule has 0 atom stereocenters. The number of ether oxygens (including phenoxy) is 4. The van der Waals surface area contributed by atoms with Crippen molar-refractivity contribution < 1.29 is 18.9 Å². The molecule has 4 nitrogen and oxygen atoms in total. The first kappa shape index (κ1) is 21.5. The lowest BCUT2D eigenvalue weighted by Gasteiger charge is -2.38. The summed E-state index contributed by atoms with van der Waals surface area (Å²) in [6.45, 7) is 7.95. The van der Waals surface area contributed by atoms with Crippen LogP contribution < -0.4 is 0 Å². The summed E-state index contributed by atoms with van der Waals surface area (Å²) < 4.78 is 24.1. The van der Waals surface area contributed by atoms with E-state index in [1.54, 1.807) is 0 Å². The van der Waals surface area contributed by atoms with Crippen LogP contribution in [0.15, 0.2) is 0 Å². The van der Waals surface area contributed by atoms with E-state index in [1.807, 2.05) is 0 Å². The quantitative estimate of drug-likeness (QED) is 0.524. The van der Waals surface area contributed by atoms with Crippen molar-refractivity contribution in [3.05, 3.63) is 0 Å². The van der Waals surface area contributed by atoms with Crippen LogP contribution in [0.4, 0.5) is 0 Å². The number of rotatable bonds is 9. The molecule has 27 heavy (non-hydrogen) atoms. The molecule has 0 amide bonds. The van der Waals surface area contributed by atoms with E-state index >= 15 is 0 Å². The third kappa shape index (κ3) is 6.99. The fourth-order valence-corrected chi connectivity index (χ4v) is 4.94. The van der Waals surface area contributed by atoms with Gasteiger partial charge in [-0.3, -0.25) is 0 Å². The third-order valence-electron chi connectivity index (χ3n) is 6.78. The summed E-state index contributed by atoms with van der Waals surface area (Å²) in [5, 5.41) is 0. The van der Waals surface area contributed by atoms with Crippen LogP contribution in [0.1, 0.15) is 84.5 Å². The van der Waals surface area contributed by atoms with Gasteiger partial charge in [-0.05, 0) is 50.9 Å². The Morgan fingerprint density at radius 1 is 0.593 bits per heavy atom. The van der Waals surface area contributed by atoms with Crippen LogP contribution in [0.2, 0.25) is 0 Å². The molecule has 0 N–H and O–H groups in total. The first-order valence-corrected chi connectivity index (χ1v) is 11.7. The van der Waals surface area contributed by atoms with E-state index in [0.29, 0.717) is 17.8 Å². The van der Waals surface area contributed by atoms with Gasteiger partial charge in [0, 0.05) is 17.8 Å². The van der Waals surface area contributed by atoms with Gasteiger partial charge in [-0.2, -0.15) is 0 Å². The van der Waals surface area contributed by atoms with Crippen LogP contribution in [-0.2, 0) is 18.9 Å². The maximum atomic E-state index is 6.12. The Balaban J connectivity index is 1.26. The van der Waals surface area contributed by atoms with Crippen LogP contribution in [0.25, 0.3) is 0 Å². The molecule has 3 fully saturated rings. The standard InChI is InChI=1S/C23H42O4/c1-3-5-7-19-14-24-22(25-15-19)13-10-20-16-26-23(27-17-20)21-11-8-18(6-4-2)9-12-21/h18-23H,3-17H2,1-2H3/t18?,19-,20-,21?,22-,23-. The average Bonchev–Trinajstić information content (AvgIpc) is 2.73. The summed E-state index contributed by atoms with van der Waals surface area (Å²) in [5.74, 6) is 2.64. The molecule has 0 aromatic heterocycles. The molecular weight excluding hydrogens is 340 g/mol. The third-order valence-corrected chi connectivity index (χ3v) is 6.78. The molecule has 0 bridgehead atoms. The van der Waals surface area contributed by atoms with Gasteiger partial charge in [-0.15, -0.1) is 0 Å². The highest BCUT2D eigenvalue weighted by molar-refractivity contribution is 4.77. The summed E-state index contributed by atoms with van der Waals surface area (Å²) in [6, 6.07) is 0. The summed E-state index contributed by atoms with van der Waals surface area (Å²) in [7, 11) is 0. The highest BCUT2D eigenvalue weighted by Gasteiger charge is 2.32. The van der Waals surface area contributed by atoms with Crippen LogP contribution in [0, 0.1) is 23.7 Å². The molecule has 2 aliphatic heterocycles. The first-order valence-electron chi connectivity index (χ1n) is 11.7. The van der Waals surface area contributed by atoms with E-state index < -0.39 is 0 Å². The lowest BCUT2D eigenvalue weighted by atomic mass is 9.79. The molecule has 0 aromatic rings. The second kappa shape index (κ2) is 11.7. The van der Waals surface area contributed by atoms with E-state index in [1.165, 1.54) is 57.8 Å². The maximum Gasteiger partial charge on any atom is 0.160 e. The van der Waals surface area contributed by atoms with E-state index in [2.05, 4.69) is 13.8 Å². The van der Waals surface area contributed by atoms with Crippen molar-refractivity contribution in [1.82, 2.24) is 0 Å². The van der Waals surface area contributed by atoms with Crippen molar-refractivity contribution >= 4 is 0 Å². The summed E-state index contributed by atoms with van der Waals surface area (Å²) in [4.78, 5) is 0. The van der Waals surface area contributed by atoms with Gasteiger partial charge in [0.2, 0.25) is 0 Å². The monoisotopic (exact) mass is 382 g/mol. The van der Waals surface area contributed by atoms with Crippen LogP contribution >= 0.6 is 0 Å². The number of hydrogen-bond donors (Lipinski definition) is 0. The lowest BCUT2D eigenvalue weighted by Crippen LogP contribution is -2.39. The predicted octanol–water partition coefficient (Wildman–Crippen LogP) is 5.54. The molecular formula is C23H42O4. The van der Waals surface area contributed by atoms with E-state index in [9.17, 15) is 0 Å². The van der Waals surface area contributed by atoms with Crippen molar-refractivity contribution in [3.63, 3.8) is 0 Å². The Morgan fingerprint density at radius 2 is 1.22 bits per heavy atom. The molecule has 0 unspecified atom stereocenters. The van der Waals surface area contributed by atoms with Gasteiger partial charge in [0.25, 0.3) is 0 Å². The van der Waals surface area contributed by atoms with E-state index in [4.69, 9.17) is 18.9 Å². The minimum Gasteiger partial charge on any atom is -0.352 e. The Kier molecular flexibility index (Phi) is 9.37. The van der Waals surface area contributed by atoms with Crippen LogP contribution in [-0.4, -0.2) is 39.0 Å². The molecule has 4 heteroatoms. The molecule has 158 valence electrons. The Morgan fingerprint density at radius 3 is 1.85 bits per heavy atom. The molecule has 1 saturated carbocycles. The molecule has 2 saturated heterocycles. The van der Waals surface area contributed by atoms with E-state index in [-0.39, 0.29) is 12.6 Å². The first-order chi connectivity index (χ1) is 13.3. The zero-order valence-corrected chi connectivity index (χ0v) is 17.7. The molecule has 0 radical (unpaired) electrons. The highest BCUT2D eigenvalue weighted by atomic mass is 16.7. The fraction of sp³-hybridized carbons (Fsp3) is 1.00. The minimum absolute atomic E-state index is 0.0190. The van der Waals surface area contributed by atoms with Gasteiger partial charge in [-0.25, -0.2) is 0 Å². The van der Waals surface area contributed by atoms with E-state index in [0.717, 1.165) is 45.2 Å². The molecule has 3 rings (SSSR count). The van der Waals surface area contributed by atoms with Gasteiger partial charge in [0.15, 0.2) is 12.6 Å². The average molecular weight is 383 g/mol. The van der Waals surface area contributed by atoms with Gasteiger partial charge >= 0.3 is 0 Å².